The van der Waals surface area contributed by atoms with Crippen molar-refractivity contribution in [2.45, 2.75) is 12.8 Å². The van der Waals surface area contributed by atoms with E-state index in [1.807, 2.05) is 18.2 Å². The Morgan fingerprint density at radius 3 is 2.72 bits per heavy atom. The number of benzene rings is 1. The molecule has 132 valence electrons. The first-order valence-electron chi connectivity index (χ1n) is 8.61. The van der Waals surface area contributed by atoms with E-state index < -0.39 is 0 Å². The molecule has 6 heteroatoms. The molecule has 1 fully saturated rings. The van der Waals surface area contributed by atoms with Crippen molar-refractivity contribution in [2.75, 3.05) is 31.1 Å². The fraction of sp³-hybridized carbons (Fsp3) is 0.368. The molecule has 1 aromatic heterocycles. The van der Waals surface area contributed by atoms with Crippen LogP contribution in [-0.2, 0) is 4.79 Å². The number of rotatable bonds is 7. The lowest BCUT2D eigenvalue weighted by Crippen LogP contribution is -2.34. The number of carbonyl (C=O) groups excluding carboxylic acids is 2. The molecule has 2 heterocycles. The van der Waals surface area contributed by atoms with Crippen LogP contribution in [0, 0.1) is 5.92 Å². The number of anilines is 1. The van der Waals surface area contributed by atoms with Crippen LogP contribution in [0.5, 0.6) is 0 Å². The highest BCUT2D eigenvalue weighted by atomic mass is 16.3. The van der Waals surface area contributed by atoms with Gasteiger partial charge < -0.3 is 20.0 Å². The van der Waals surface area contributed by atoms with Crippen LogP contribution in [0.4, 0.5) is 5.69 Å². The van der Waals surface area contributed by atoms with Crippen LogP contribution in [-0.4, -0.2) is 38.0 Å². The van der Waals surface area contributed by atoms with Gasteiger partial charge in [-0.25, -0.2) is 0 Å². The monoisotopic (exact) mass is 341 g/mol. The zero-order valence-corrected chi connectivity index (χ0v) is 14.1. The van der Waals surface area contributed by atoms with E-state index in [0.29, 0.717) is 19.0 Å². The summed E-state index contributed by atoms with van der Waals surface area (Å²) in [6, 6.07) is 13.6. The molecule has 25 heavy (non-hydrogen) atoms. The Morgan fingerprint density at radius 2 is 1.96 bits per heavy atom. The van der Waals surface area contributed by atoms with Gasteiger partial charge in [0.15, 0.2) is 5.76 Å². The zero-order valence-electron chi connectivity index (χ0n) is 14.1. The minimum atomic E-state index is -0.299. The van der Waals surface area contributed by atoms with Crippen LogP contribution < -0.4 is 15.5 Å². The molecule has 6 nitrogen and oxygen atoms in total. The second kappa shape index (κ2) is 8.37. The predicted octanol–water partition coefficient (Wildman–Crippen LogP) is 2.04. The second-order valence-corrected chi connectivity index (χ2v) is 6.22. The zero-order chi connectivity index (χ0) is 17.5. The molecule has 2 aromatic rings. The Hall–Kier alpha value is -2.76. The maximum atomic E-state index is 11.9. The summed E-state index contributed by atoms with van der Waals surface area (Å²) in [4.78, 5) is 26.0. The highest BCUT2D eigenvalue weighted by Gasteiger charge is 2.22. The lowest BCUT2D eigenvalue weighted by atomic mass is 10.1. The molecule has 1 unspecified atom stereocenters. The van der Waals surface area contributed by atoms with Crippen LogP contribution in [0.1, 0.15) is 23.4 Å². The quantitative estimate of drug-likeness (QED) is 0.808. The summed E-state index contributed by atoms with van der Waals surface area (Å²) in [5, 5.41) is 5.64. The van der Waals surface area contributed by atoms with Crippen LogP contribution >= 0.6 is 0 Å². The van der Waals surface area contributed by atoms with E-state index in [0.717, 1.165) is 19.5 Å². The van der Waals surface area contributed by atoms with E-state index in [2.05, 4.69) is 27.7 Å². The smallest absolute Gasteiger partial charge is 0.286 e. The number of para-hydroxylation sites is 1. The molecule has 1 aliphatic heterocycles. The van der Waals surface area contributed by atoms with Crippen molar-refractivity contribution in [2.24, 2.45) is 5.92 Å². The van der Waals surface area contributed by atoms with Crippen molar-refractivity contribution in [1.82, 2.24) is 10.6 Å². The third kappa shape index (κ3) is 4.86. The molecule has 1 aliphatic rings. The maximum Gasteiger partial charge on any atom is 0.286 e. The van der Waals surface area contributed by atoms with Crippen LogP contribution in [0.15, 0.2) is 53.1 Å². The molecule has 3 rings (SSSR count). The largest absolute Gasteiger partial charge is 0.459 e. The van der Waals surface area contributed by atoms with Gasteiger partial charge in [0.05, 0.1) is 6.26 Å². The highest BCUT2D eigenvalue weighted by Crippen LogP contribution is 2.22. The van der Waals surface area contributed by atoms with Gasteiger partial charge in [-0.15, -0.1) is 0 Å². The van der Waals surface area contributed by atoms with E-state index in [1.54, 1.807) is 12.1 Å². The average molecular weight is 341 g/mol. The third-order valence-electron chi connectivity index (χ3n) is 4.38. The van der Waals surface area contributed by atoms with Gasteiger partial charge in [-0.3, -0.25) is 9.59 Å². The lowest BCUT2D eigenvalue weighted by molar-refractivity contribution is -0.121. The molecule has 0 bridgehead atoms. The summed E-state index contributed by atoms with van der Waals surface area (Å²) >= 11 is 0. The van der Waals surface area contributed by atoms with Gasteiger partial charge in [0, 0.05) is 38.3 Å². The SMILES string of the molecule is O=C(CCNC(=O)c1ccco1)NCC1CCN(c2ccccc2)C1. The van der Waals surface area contributed by atoms with E-state index >= 15 is 0 Å². The number of amides is 2. The Morgan fingerprint density at radius 1 is 1.12 bits per heavy atom. The minimum Gasteiger partial charge on any atom is -0.459 e. The van der Waals surface area contributed by atoms with Crippen LogP contribution in [0.25, 0.3) is 0 Å². The van der Waals surface area contributed by atoms with Gasteiger partial charge >= 0.3 is 0 Å². The fourth-order valence-corrected chi connectivity index (χ4v) is 3.00. The summed E-state index contributed by atoms with van der Waals surface area (Å²) in [5.74, 6) is 0.374. The molecule has 1 aromatic carbocycles. The Balaban J connectivity index is 1.32. The van der Waals surface area contributed by atoms with E-state index in [-0.39, 0.29) is 24.0 Å². The van der Waals surface area contributed by atoms with E-state index in [1.165, 1.54) is 12.0 Å². The van der Waals surface area contributed by atoms with Gasteiger partial charge in [0.1, 0.15) is 0 Å². The summed E-state index contributed by atoms with van der Waals surface area (Å²) < 4.78 is 5.00. The first kappa shape index (κ1) is 17.1. The van der Waals surface area contributed by atoms with Crippen molar-refractivity contribution in [3.05, 3.63) is 54.5 Å². The van der Waals surface area contributed by atoms with Crippen LogP contribution in [0.2, 0.25) is 0 Å². The molecule has 0 saturated carbocycles. The lowest BCUT2D eigenvalue weighted by Gasteiger charge is -2.18. The van der Waals surface area contributed by atoms with Crippen molar-refractivity contribution < 1.29 is 14.0 Å². The first-order valence-corrected chi connectivity index (χ1v) is 8.61. The number of furan rings is 1. The van der Waals surface area contributed by atoms with E-state index in [4.69, 9.17) is 4.42 Å². The predicted molar refractivity (Wildman–Crippen MR) is 95.4 cm³/mol. The summed E-state index contributed by atoms with van der Waals surface area (Å²) in [6.45, 7) is 2.95. The van der Waals surface area contributed by atoms with Crippen molar-refractivity contribution in [1.29, 1.82) is 0 Å². The fourth-order valence-electron chi connectivity index (χ4n) is 3.00. The molecule has 2 N–H and O–H groups in total. The summed E-state index contributed by atoms with van der Waals surface area (Å²) in [5.41, 5.74) is 1.23. The van der Waals surface area contributed by atoms with Gasteiger partial charge in [-0.2, -0.15) is 0 Å². The van der Waals surface area contributed by atoms with Gasteiger partial charge in [-0.05, 0) is 36.6 Å². The van der Waals surface area contributed by atoms with Gasteiger partial charge in [-0.1, -0.05) is 18.2 Å². The Labute approximate surface area is 147 Å². The van der Waals surface area contributed by atoms with Gasteiger partial charge in [0.2, 0.25) is 5.91 Å². The standard InChI is InChI=1S/C19H23N3O3/c23-18(8-10-20-19(24)17-7-4-12-25-17)21-13-15-9-11-22(14-15)16-5-2-1-3-6-16/h1-7,12,15H,8-11,13-14H2,(H,20,24)(H,21,23). The highest BCUT2D eigenvalue weighted by molar-refractivity contribution is 5.91. The summed E-state index contributed by atoms with van der Waals surface area (Å²) in [6.07, 6.45) is 2.79. The average Bonchev–Trinajstić information content (AvgIpc) is 3.32. The van der Waals surface area contributed by atoms with Crippen molar-refractivity contribution in [3.8, 4) is 0 Å². The normalized spacial score (nSPS) is 16.6. The van der Waals surface area contributed by atoms with E-state index in [9.17, 15) is 9.59 Å². The molecular weight excluding hydrogens is 318 g/mol. The summed E-state index contributed by atoms with van der Waals surface area (Å²) in [7, 11) is 0. The molecule has 1 atom stereocenters. The number of carbonyl (C=O) groups is 2. The first-order chi connectivity index (χ1) is 12.2. The molecular formula is C19H23N3O3. The molecule has 1 saturated heterocycles. The molecule has 0 radical (unpaired) electrons. The second-order valence-electron chi connectivity index (χ2n) is 6.22. The minimum absolute atomic E-state index is 0.0436. The van der Waals surface area contributed by atoms with Gasteiger partial charge in [0.25, 0.3) is 5.91 Å². The van der Waals surface area contributed by atoms with Crippen molar-refractivity contribution in [3.63, 3.8) is 0 Å². The number of nitrogens with one attached hydrogen (secondary N) is 2. The Kier molecular flexibility index (Phi) is 5.72. The van der Waals surface area contributed by atoms with Crippen molar-refractivity contribution >= 4 is 17.5 Å². The molecule has 0 spiro atoms. The number of hydrogen-bond donors (Lipinski definition) is 2. The molecule has 0 aliphatic carbocycles. The third-order valence-corrected chi connectivity index (χ3v) is 4.38. The van der Waals surface area contributed by atoms with Crippen LogP contribution in [0.3, 0.4) is 0 Å². The Bertz CT molecular complexity index is 685. The maximum absolute atomic E-state index is 11.9. The number of nitrogens with zero attached hydrogens (tertiary/aromatic N) is 1. The molecule has 2 amide bonds. The number of hydrogen-bond acceptors (Lipinski definition) is 4. The topological polar surface area (TPSA) is 74.6 Å².